The van der Waals surface area contributed by atoms with E-state index in [0.29, 0.717) is 18.8 Å². The van der Waals surface area contributed by atoms with Crippen molar-refractivity contribution in [2.24, 2.45) is 28.9 Å². The van der Waals surface area contributed by atoms with Crippen molar-refractivity contribution < 1.29 is 22.9 Å². The molecule has 2 atom stereocenters. The summed E-state index contributed by atoms with van der Waals surface area (Å²) in [6.07, 6.45) is 3.93. The van der Waals surface area contributed by atoms with Crippen molar-refractivity contribution in [3.63, 3.8) is 0 Å². The zero-order valence-electron chi connectivity index (χ0n) is 18.0. The first kappa shape index (κ1) is 22.7. The second-order valence-corrected chi connectivity index (χ2v) is 11.7. The number of sulfonamides is 1. The number of benzene rings is 1. The molecule has 32 heavy (non-hydrogen) atoms. The lowest BCUT2D eigenvalue weighted by Gasteiger charge is -2.59. The van der Waals surface area contributed by atoms with Gasteiger partial charge < -0.3 is 11.1 Å². The van der Waals surface area contributed by atoms with E-state index in [9.17, 15) is 28.1 Å². The summed E-state index contributed by atoms with van der Waals surface area (Å²) in [4.78, 5) is 35.2. The maximum absolute atomic E-state index is 13.1. The molecule has 174 valence electrons. The van der Waals surface area contributed by atoms with Gasteiger partial charge in [0.05, 0.1) is 4.92 Å². The first-order valence-corrected chi connectivity index (χ1v) is 12.2. The van der Waals surface area contributed by atoms with E-state index in [-0.39, 0.29) is 23.8 Å². The van der Waals surface area contributed by atoms with Gasteiger partial charge in [-0.2, -0.15) is 4.72 Å². The Balaban J connectivity index is 1.51. The normalized spacial score (nSPS) is 31.3. The summed E-state index contributed by atoms with van der Waals surface area (Å²) in [7, 11) is -4.33. The third-order valence-corrected chi connectivity index (χ3v) is 9.11. The topological polar surface area (TPSA) is 162 Å². The molecule has 11 heteroatoms. The van der Waals surface area contributed by atoms with Crippen LogP contribution in [0.5, 0.6) is 0 Å². The van der Waals surface area contributed by atoms with Gasteiger partial charge in [0.1, 0.15) is 5.54 Å². The summed E-state index contributed by atoms with van der Waals surface area (Å²) < 4.78 is 28.1. The van der Waals surface area contributed by atoms with Crippen LogP contribution in [-0.4, -0.2) is 36.7 Å². The number of carbonyl (C=O) groups excluding carboxylic acids is 2. The Bertz CT molecular complexity index is 1070. The van der Waals surface area contributed by atoms with E-state index in [1.54, 1.807) is 0 Å². The summed E-state index contributed by atoms with van der Waals surface area (Å²) in [5, 5.41) is 14.3. The fourth-order valence-electron chi connectivity index (χ4n) is 6.17. The van der Waals surface area contributed by atoms with Gasteiger partial charge in [-0.3, -0.25) is 19.7 Å². The molecule has 4 saturated carbocycles. The number of para-hydroxylation sites is 1. The van der Waals surface area contributed by atoms with Crippen LogP contribution in [0.3, 0.4) is 0 Å². The molecule has 0 saturated heterocycles. The van der Waals surface area contributed by atoms with Gasteiger partial charge in [-0.15, -0.1) is 0 Å². The number of carbonyl (C=O) groups is 2. The Morgan fingerprint density at radius 3 is 2.31 bits per heavy atom. The molecule has 4 N–H and O–H groups in total. The molecular weight excluding hydrogens is 436 g/mol. The largest absolute Gasteiger partial charge is 0.369 e. The molecule has 5 rings (SSSR count). The Kier molecular flexibility index (Phi) is 5.32. The molecule has 0 heterocycles. The van der Waals surface area contributed by atoms with Crippen LogP contribution in [0, 0.1) is 33.3 Å². The van der Waals surface area contributed by atoms with Crippen LogP contribution in [0.4, 0.5) is 5.69 Å². The second kappa shape index (κ2) is 7.51. The van der Waals surface area contributed by atoms with Crippen molar-refractivity contribution in [2.45, 2.75) is 62.4 Å². The molecular formula is C21H28N4O6S. The monoisotopic (exact) mass is 464 g/mol. The molecule has 0 radical (unpaired) electrons. The highest BCUT2D eigenvalue weighted by molar-refractivity contribution is 7.89. The lowest BCUT2D eigenvalue weighted by molar-refractivity contribution is -0.387. The molecule has 2 amide bonds. The van der Waals surface area contributed by atoms with Crippen LogP contribution in [0.25, 0.3) is 0 Å². The highest BCUT2D eigenvalue weighted by Gasteiger charge is 2.58. The smallest absolute Gasteiger partial charge is 0.289 e. The number of primary amides is 1. The third kappa shape index (κ3) is 3.77. The van der Waals surface area contributed by atoms with Crippen LogP contribution in [0.15, 0.2) is 29.2 Å². The molecule has 1 aromatic rings. The third-order valence-electron chi connectivity index (χ3n) is 7.40. The standard InChI is InChI=1S/C21H28N4O6S/c1-20(2,24-32(30,31)16-6-4-3-5-15(16)25(28)29)19(27)23-17-13-7-12-8-14(17)11-21(9-12,10-13)18(22)26/h3-6,12-14,17,24H,7-11H2,1-2H3,(H2,22,26)(H,23,27). The van der Waals surface area contributed by atoms with Crippen LogP contribution < -0.4 is 15.8 Å². The molecule has 1 aromatic carbocycles. The maximum Gasteiger partial charge on any atom is 0.289 e. The number of rotatable bonds is 7. The fraction of sp³-hybridized carbons (Fsp3) is 0.619. The minimum Gasteiger partial charge on any atom is -0.369 e. The Hall–Kier alpha value is -2.53. The zero-order valence-corrected chi connectivity index (χ0v) is 18.9. The summed E-state index contributed by atoms with van der Waals surface area (Å²) >= 11 is 0. The summed E-state index contributed by atoms with van der Waals surface area (Å²) in [5.41, 5.74) is 3.13. The highest BCUT2D eigenvalue weighted by Crippen LogP contribution is 2.59. The molecule has 10 nitrogen and oxygen atoms in total. The minimum atomic E-state index is -4.33. The van der Waals surface area contributed by atoms with Crippen molar-refractivity contribution in [1.82, 2.24) is 10.0 Å². The predicted octanol–water partition coefficient (Wildman–Crippen LogP) is 1.45. The molecule has 0 aliphatic heterocycles. The number of nitro benzene ring substituents is 1. The lowest BCUT2D eigenvalue weighted by Crippen LogP contribution is -2.65. The van der Waals surface area contributed by atoms with Crippen molar-refractivity contribution in [3.05, 3.63) is 34.4 Å². The van der Waals surface area contributed by atoms with Gasteiger partial charge in [0.2, 0.25) is 21.8 Å². The number of nitrogens with two attached hydrogens (primary N) is 1. The Morgan fingerprint density at radius 1 is 1.16 bits per heavy atom. The summed E-state index contributed by atoms with van der Waals surface area (Å²) in [5.74, 6) is -0.0941. The number of hydrogen-bond acceptors (Lipinski definition) is 6. The summed E-state index contributed by atoms with van der Waals surface area (Å²) in [6.45, 7) is 2.85. The van der Waals surface area contributed by atoms with E-state index in [4.69, 9.17) is 5.73 Å². The van der Waals surface area contributed by atoms with Gasteiger partial charge in [-0.05, 0) is 69.8 Å². The van der Waals surface area contributed by atoms with Gasteiger partial charge >= 0.3 is 0 Å². The molecule has 0 spiro atoms. The van der Waals surface area contributed by atoms with Crippen molar-refractivity contribution in [3.8, 4) is 0 Å². The number of nitro groups is 1. The molecule has 0 aromatic heterocycles. The quantitative estimate of drug-likeness (QED) is 0.409. The average molecular weight is 465 g/mol. The molecule has 4 aliphatic carbocycles. The number of nitrogens with zero attached hydrogens (tertiary/aromatic N) is 1. The second-order valence-electron chi connectivity index (χ2n) is 10.1. The molecule has 4 fully saturated rings. The van der Waals surface area contributed by atoms with Crippen molar-refractivity contribution >= 4 is 27.5 Å². The molecule has 4 aliphatic rings. The minimum absolute atomic E-state index is 0.125. The van der Waals surface area contributed by atoms with Crippen LogP contribution >= 0.6 is 0 Å². The first-order chi connectivity index (χ1) is 14.8. The number of hydrogen-bond donors (Lipinski definition) is 3. The average Bonchev–Trinajstić information content (AvgIpc) is 2.69. The Morgan fingerprint density at radius 2 is 1.75 bits per heavy atom. The first-order valence-electron chi connectivity index (χ1n) is 10.7. The predicted molar refractivity (Wildman–Crippen MR) is 115 cm³/mol. The number of amides is 2. The zero-order chi connectivity index (χ0) is 23.5. The van der Waals surface area contributed by atoms with E-state index in [0.717, 1.165) is 31.4 Å². The number of nitrogens with one attached hydrogen (secondary N) is 2. The van der Waals surface area contributed by atoms with Crippen molar-refractivity contribution in [1.29, 1.82) is 0 Å². The van der Waals surface area contributed by atoms with E-state index in [2.05, 4.69) is 10.0 Å². The van der Waals surface area contributed by atoms with Gasteiger partial charge in [-0.1, -0.05) is 12.1 Å². The van der Waals surface area contributed by atoms with Crippen LogP contribution in [-0.2, 0) is 19.6 Å². The van der Waals surface area contributed by atoms with E-state index in [1.807, 2.05) is 0 Å². The molecule has 4 bridgehead atoms. The van der Waals surface area contributed by atoms with Crippen LogP contribution in [0.2, 0.25) is 0 Å². The van der Waals surface area contributed by atoms with E-state index >= 15 is 0 Å². The Labute approximate surface area is 186 Å². The maximum atomic E-state index is 13.1. The summed E-state index contributed by atoms with van der Waals surface area (Å²) in [6, 6.07) is 4.85. The van der Waals surface area contributed by atoms with E-state index in [1.165, 1.54) is 26.0 Å². The van der Waals surface area contributed by atoms with Crippen molar-refractivity contribution in [2.75, 3.05) is 0 Å². The fourth-order valence-corrected chi connectivity index (χ4v) is 7.72. The highest BCUT2D eigenvalue weighted by atomic mass is 32.2. The SMILES string of the molecule is CC(C)(NS(=O)(=O)c1ccccc1[N+](=O)[O-])C(=O)NC1C2CC3CC1CC(C(N)=O)(C3)C2. The lowest BCUT2D eigenvalue weighted by atomic mass is 9.47. The molecule has 2 unspecified atom stereocenters. The van der Waals surface area contributed by atoms with Gasteiger partial charge in [0.15, 0.2) is 4.90 Å². The van der Waals surface area contributed by atoms with Gasteiger partial charge in [0, 0.05) is 17.5 Å². The van der Waals surface area contributed by atoms with Gasteiger partial charge in [0.25, 0.3) is 5.69 Å². The van der Waals surface area contributed by atoms with Gasteiger partial charge in [-0.25, -0.2) is 8.42 Å². The van der Waals surface area contributed by atoms with E-state index < -0.39 is 42.4 Å². The van der Waals surface area contributed by atoms with Crippen LogP contribution in [0.1, 0.15) is 46.0 Å².